The molecule has 1 amide bonds. The summed E-state index contributed by atoms with van der Waals surface area (Å²) in [6.07, 6.45) is -4.45. The maximum Gasteiger partial charge on any atom is 0.416 e. The number of carbonyl (C=O) groups is 1. The van der Waals surface area contributed by atoms with Gasteiger partial charge >= 0.3 is 6.18 Å². The van der Waals surface area contributed by atoms with Crippen LogP contribution < -0.4 is 0 Å². The number of aromatic nitrogens is 6. The highest BCUT2D eigenvalue weighted by molar-refractivity contribution is 5.91. The van der Waals surface area contributed by atoms with Crippen molar-refractivity contribution in [2.24, 2.45) is 0 Å². The number of piperazine rings is 1. The maximum atomic E-state index is 13.0. The van der Waals surface area contributed by atoms with E-state index in [0.717, 1.165) is 23.5 Å². The van der Waals surface area contributed by atoms with Crippen molar-refractivity contribution >= 4 is 11.7 Å². The third kappa shape index (κ3) is 4.71. The lowest BCUT2D eigenvalue weighted by Gasteiger charge is -2.33. The number of halogens is 3. The van der Waals surface area contributed by atoms with Gasteiger partial charge in [0.1, 0.15) is 0 Å². The van der Waals surface area contributed by atoms with Crippen molar-refractivity contribution in [3.8, 4) is 11.4 Å². The predicted octanol–water partition coefficient (Wildman–Crippen LogP) is 2.77. The topological polar surface area (TPSA) is 106 Å². The Labute approximate surface area is 197 Å². The number of rotatable bonds is 4. The zero-order chi connectivity index (χ0) is 24.7. The molecule has 5 rings (SSSR count). The molecule has 35 heavy (non-hydrogen) atoms. The van der Waals surface area contributed by atoms with E-state index >= 15 is 0 Å². The van der Waals surface area contributed by atoms with E-state index in [1.807, 2.05) is 24.8 Å². The number of benzene rings is 1. The van der Waals surface area contributed by atoms with Gasteiger partial charge < -0.3 is 9.42 Å². The minimum absolute atomic E-state index is 0.0944. The fraction of sp³-hybridized carbons (Fsp3) is 0.364. The Balaban J connectivity index is 1.21. The van der Waals surface area contributed by atoms with Crippen molar-refractivity contribution < 1.29 is 22.5 Å². The van der Waals surface area contributed by atoms with Crippen LogP contribution in [0.15, 0.2) is 34.9 Å². The van der Waals surface area contributed by atoms with Crippen LogP contribution in [-0.4, -0.2) is 71.6 Å². The lowest BCUT2D eigenvalue weighted by atomic mass is 10.1. The summed E-state index contributed by atoms with van der Waals surface area (Å²) >= 11 is 0. The smallest absolute Gasteiger partial charge is 0.338 e. The second-order valence-corrected chi connectivity index (χ2v) is 8.34. The van der Waals surface area contributed by atoms with E-state index < -0.39 is 11.7 Å². The molecule has 0 saturated carbocycles. The summed E-state index contributed by atoms with van der Waals surface area (Å²) in [5.41, 5.74) is 1.09. The highest BCUT2D eigenvalue weighted by atomic mass is 19.4. The molecule has 0 spiro atoms. The average Bonchev–Trinajstić information content (AvgIpc) is 3.46. The first kappa shape index (κ1) is 22.9. The SMILES string of the molecule is Cc1cc(C)n2nc(C(=O)N3CCN(Cc4nc(-c5cccc(C(F)(F)F)c5)no4)CC3)nc2n1. The molecule has 13 heteroatoms. The molecular weight excluding hydrogens is 465 g/mol. The Hall–Kier alpha value is -3.87. The monoisotopic (exact) mass is 486 g/mol. The Morgan fingerprint density at radius 1 is 1.06 bits per heavy atom. The van der Waals surface area contributed by atoms with Crippen molar-refractivity contribution in [3.05, 3.63) is 59.0 Å². The van der Waals surface area contributed by atoms with E-state index in [9.17, 15) is 18.0 Å². The molecule has 0 unspecified atom stereocenters. The number of alkyl halides is 3. The van der Waals surface area contributed by atoms with Gasteiger partial charge in [-0.25, -0.2) is 9.50 Å². The summed E-state index contributed by atoms with van der Waals surface area (Å²) in [5, 5.41) is 8.13. The molecule has 1 aliphatic heterocycles. The fourth-order valence-electron chi connectivity index (χ4n) is 3.97. The van der Waals surface area contributed by atoms with Gasteiger partial charge in [-0.05, 0) is 32.0 Å². The number of nitrogens with zero attached hydrogens (tertiary/aromatic N) is 8. The zero-order valence-electron chi connectivity index (χ0n) is 19.0. The number of carbonyl (C=O) groups excluding carboxylic acids is 1. The molecule has 0 bridgehead atoms. The second-order valence-electron chi connectivity index (χ2n) is 8.34. The molecule has 0 atom stereocenters. The Morgan fingerprint density at radius 2 is 1.83 bits per heavy atom. The van der Waals surface area contributed by atoms with Crippen LogP contribution in [-0.2, 0) is 12.7 Å². The standard InChI is InChI=1S/C22H21F3N8O2/c1-13-10-14(2)33-21(26-13)28-19(29-33)20(34)32-8-6-31(7-9-32)12-17-27-18(30-35-17)15-4-3-5-16(11-15)22(23,24)25/h3-5,10-11H,6-9,12H2,1-2H3. The predicted molar refractivity (Wildman–Crippen MR) is 116 cm³/mol. The third-order valence-electron chi connectivity index (χ3n) is 5.74. The van der Waals surface area contributed by atoms with E-state index in [1.54, 1.807) is 9.42 Å². The van der Waals surface area contributed by atoms with E-state index in [1.165, 1.54) is 12.1 Å². The minimum atomic E-state index is -4.45. The number of amides is 1. The van der Waals surface area contributed by atoms with Gasteiger partial charge in [0.05, 0.1) is 12.1 Å². The van der Waals surface area contributed by atoms with E-state index in [4.69, 9.17) is 4.52 Å². The maximum absolute atomic E-state index is 13.0. The largest absolute Gasteiger partial charge is 0.416 e. The molecule has 3 aromatic heterocycles. The van der Waals surface area contributed by atoms with Gasteiger partial charge in [0.2, 0.25) is 17.5 Å². The van der Waals surface area contributed by atoms with Crippen molar-refractivity contribution in [1.29, 1.82) is 0 Å². The quantitative estimate of drug-likeness (QED) is 0.434. The first-order chi connectivity index (χ1) is 16.7. The molecule has 10 nitrogen and oxygen atoms in total. The molecule has 1 aromatic carbocycles. The number of fused-ring (bicyclic) bond motifs is 1. The zero-order valence-corrected chi connectivity index (χ0v) is 19.0. The first-order valence-electron chi connectivity index (χ1n) is 10.9. The number of hydrogen-bond acceptors (Lipinski definition) is 8. The van der Waals surface area contributed by atoms with Crippen LogP contribution in [0.4, 0.5) is 13.2 Å². The Morgan fingerprint density at radius 3 is 2.57 bits per heavy atom. The summed E-state index contributed by atoms with van der Waals surface area (Å²) in [6.45, 7) is 6.06. The molecule has 182 valence electrons. The van der Waals surface area contributed by atoms with Crippen LogP contribution in [0.3, 0.4) is 0 Å². The molecule has 0 aliphatic carbocycles. The van der Waals surface area contributed by atoms with Gasteiger partial charge in [0.25, 0.3) is 11.7 Å². The molecule has 1 fully saturated rings. The lowest BCUT2D eigenvalue weighted by molar-refractivity contribution is -0.137. The molecule has 4 heterocycles. The molecule has 0 N–H and O–H groups in total. The molecular formula is C22H21F3N8O2. The first-order valence-corrected chi connectivity index (χ1v) is 10.9. The van der Waals surface area contributed by atoms with Crippen molar-refractivity contribution in [2.45, 2.75) is 26.6 Å². The van der Waals surface area contributed by atoms with Crippen LogP contribution in [0.25, 0.3) is 17.2 Å². The van der Waals surface area contributed by atoms with Crippen molar-refractivity contribution in [3.63, 3.8) is 0 Å². The summed E-state index contributed by atoms with van der Waals surface area (Å²) in [5.74, 6) is 0.602. The van der Waals surface area contributed by atoms with Crippen molar-refractivity contribution in [2.75, 3.05) is 26.2 Å². The van der Waals surface area contributed by atoms with Gasteiger partial charge in [-0.3, -0.25) is 9.69 Å². The fourth-order valence-corrected chi connectivity index (χ4v) is 3.97. The highest BCUT2D eigenvalue weighted by Gasteiger charge is 2.31. The molecule has 1 saturated heterocycles. The van der Waals surface area contributed by atoms with Gasteiger partial charge in [-0.1, -0.05) is 17.3 Å². The summed E-state index contributed by atoms with van der Waals surface area (Å²) < 4.78 is 45.7. The average molecular weight is 486 g/mol. The van der Waals surface area contributed by atoms with Crippen LogP contribution >= 0.6 is 0 Å². The molecule has 0 radical (unpaired) electrons. The van der Waals surface area contributed by atoms with Gasteiger partial charge in [0.15, 0.2) is 0 Å². The normalized spacial score (nSPS) is 15.2. The van der Waals surface area contributed by atoms with Crippen LogP contribution in [0, 0.1) is 13.8 Å². The van der Waals surface area contributed by atoms with Gasteiger partial charge in [-0.2, -0.15) is 23.1 Å². The molecule has 1 aliphatic rings. The highest BCUT2D eigenvalue weighted by Crippen LogP contribution is 2.31. The van der Waals surface area contributed by atoms with Crippen molar-refractivity contribution in [1.82, 2.24) is 39.5 Å². The van der Waals surface area contributed by atoms with E-state index in [2.05, 4.69) is 25.2 Å². The number of aryl methyl sites for hydroxylation is 2. The van der Waals surface area contributed by atoms with E-state index in [-0.39, 0.29) is 29.0 Å². The third-order valence-corrected chi connectivity index (χ3v) is 5.74. The Bertz CT molecular complexity index is 1390. The molecule has 4 aromatic rings. The van der Waals surface area contributed by atoms with Gasteiger partial charge in [-0.15, -0.1) is 5.10 Å². The van der Waals surface area contributed by atoms with Gasteiger partial charge in [0, 0.05) is 43.1 Å². The van der Waals surface area contributed by atoms with E-state index in [0.29, 0.717) is 38.5 Å². The minimum Gasteiger partial charge on any atom is -0.338 e. The summed E-state index contributed by atoms with van der Waals surface area (Å²) in [6, 6.07) is 6.65. The summed E-state index contributed by atoms with van der Waals surface area (Å²) in [4.78, 5) is 29.5. The van der Waals surface area contributed by atoms with Crippen LogP contribution in [0.5, 0.6) is 0 Å². The number of hydrogen-bond donors (Lipinski definition) is 0. The Kier molecular flexibility index (Phi) is 5.71. The lowest BCUT2D eigenvalue weighted by Crippen LogP contribution is -2.48. The summed E-state index contributed by atoms with van der Waals surface area (Å²) in [7, 11) is 0. The van der Waals surface area contributed by atoms with Crippen LogP contribution in [0.2, 0.25) is 0 Å². The second kappa shape index (κ2) is 8.73. The van der Waals surface area contributed by atoms with Crippen LogP contribution in [0.1, 0.15) is 33.5 Å².